The third-order valence-corrected chi connectivity index (χ3v) is 6.88. The molecule has 3 rings (SSSR count). The monoisotopic (exact) mass is 455 g/mol. The van der Waals surface area contributed by atoms with Crippen molar-refractivity contribution in [2.24, 2.45) is 5.41 Å². The summed E-state index contributed by atoms with van der Waals surface area (Å²) >= 11 is 0. The van der Waals surface area contributed by atoms with Gasteiger partial charge in [-0.3, -0.25) is 9.59 Å². The van der Waals surface area contributed by atoms with Crippen LogP contribution in [0.25, 0.3) is 11.1 Å². The molecule has 1 fully saturated rings. The zero-order valence-corrected chi connectivity index (χ0v) is 19.9. The molecule has 1 aromatic carbocycles. The molecule has 8 nitrogen and oxygen atoms in total. The van der Waals surface area contributed by atoms with E-state index in [0.717, 1.165) is 5.56 Å². The zero-order valence-electron chi connectivity index (χ0n) is 19.9. The number of carbonyl (C=O) groups excluding carboxylic acids is 1. The Bertz CT molecular complexity index is 1090. The molecule has 1 aromatic heterocycles. The highest BCUT2D eigenvalue weighted by Crippen LogP contribution is 2.40. The standard InChI is InChI=1S/C25H33N3O5/c1-17(2)26(5)22(30)20-14-28(21(29)13-19(20)18-9-7-6-8-10-18)16-25(33)11-12-27(23(31)32)15-24(25,3)4/h6-10,13-14,17,33H,11-12,15-16H2,1-5H3,(H,31,32). The minimum Gasteiger partial charge on any atom is -0.465 e. The quantitative estimate of drug-likeness (QED) is 0.721. The third kappa shape index (κ3) is 4.80. The summed E-state index contributed by atoms with van der Waals surface area (Å²) in [7, 11) is 1.72. The van der Waals surface area contributed by atoms with E-state index in [2.05, 4.69) is 0 Å². The molecule has 1 saturated heterocycles. The fourth-order valence-corrected chi connectivity index (χ4v) is 4.25. The van der Waals surface area contributed by atoms with Crippen molar-refractivity contribution >= 4 is 12.0 Å². The number of hydrogen-bond acceptors (Lipinski definition) is 4. The maximum Gasteiger partial charge on any atom is 0.407 e. The number of likely N-dealkylation sites (tertiary alicyclic amines) is 1. The summed E-state index contributed by atoms with van der Waals surface area (Å²) in [5.41, 5.74) is -0.761. The number of amides is 2. The number of carbonyl (C=O) groups is 2. The summed E-state index contributed by atoms with van der Waals surface area (Å²) in [6, 6.07) is 10.7. The number of benzene rings is 1. The Kier molecular flexibility index (Phi) is 6.70. The average molecular weight is 456 g/mol. The number of carboxylic acid groups (broad SMARTS) is 1. The first kappa shape index (κ1) is 24.5. The van der Waals surface area contributed by atoms with Crippen LogP contribution in [-0.4, -0.2) is 68.4 Å². The van der Waals surface area contributed by atoms with Gasteiger partial charge < -0.3 is 24.6 Å². The number of hydrogen-bond donors (Lipinski definition) is 2. The van der Waals surface area contributed by atoms with Crippen LogP contribution in [0.4, 0.5) is 4.79 Å². The first-order valence-electron chi connectivity index (χ1n) is 11.1. The third-order valence-electron chi connectivity index (χ3n) is 6.88. The van der Waals surface area contributed by atoms with E-state index >= 15 is 0 Å². The Morgan fingerprint density at radius 1 is 1.18 bits per heavy atom. The van der Waals surface area contributed by atoms with Crippen molar-refractivity contribution < 1.29 is 19.8 Å². The number of nitrogens with zero attached hydrogens (tertiary/aromatic N) is 3. The predicted molar refractivity (Wildman–Crippen MR) is 126 cm³/mol. The zero-order chi connectivity index (χ0) is 24.6. The lowest BCUT2D eigenvalue weighted by molar-refractivity contribution is -0.123. The van der Waals surface area contributed by atoms with E-state index in [1.54, 1.807) is 25.8 Å². The molecule has 1 aliphatic heterocycles. The molecule has 8 heteroatoms. The lowest BCUT2D eigenvalue weighted by Gasteiger charge is -2.49. The van der Waals surface area contributed by atoms with E-state index in [1.807, 2.05) is 44.2 Å². The molecule has 0 bridgehead atoms. The van der Waals surface area contributed by atoms with Crippen molar-refractivity contribution in [3.63, 3.8) is 0 Å². The van der Waals surface area contributed by atoms with Gasteiger partial charge in [-0.15, -0.1) is 0 Å². The molecule has 0 radical (unpaired) electrons. The number of aromatic nitrogens is 1. The van der Waals surface area contributed by atoms with Gasteiger partial charge in [-0.25, -0.2) is 4.79 Å². The van der Waals surface area contributed by atoms with Gasteiger partial charge in [-0.2, -0.15) is 0 Å². The van der Waals surface area contributed by atoms with Gasteiger partial charge in [0.25, 0.3) is 11.5 Å². The minimum absolute atomic E-state index is 0.0347. The van der Waals surface area contributed by atoms with Crippen LogP contribution >= 0.6 is 0 Å². The molecule has 1 aliphatic rings. The Hall–Kier alpha value is -3.13. The number of rotatable bonds is 5. The predicted octanol–water partition coefficient (Wildman–Crippen LogP) is 3.14. The van der Waals surface area contributed by atoms with Crippen LogP contribution in [0.15, 0.2) is 47.4 Å². The second-order valence-corrected chi connectivity index (χ2v) is 9.81. The maximum absolute atomic E-state index is 13.3. The van der Waals surface area contributed by atoms with Crippen LogP contribution in [0.1, 0.15) is 44.5 Å². The van der Waals surface area contributed by atoms with E-state index in [0.29, 0.717) is 11.1 Å². The lowest BCUT2D eigenvalue weighted by atomic mass is 9.70. The van der Waals surface area contributed by atoms with Gasteiger partial charge in [0.2, 0.25) is 0 Å². The van der Waals surface area contributed by atoms with Crippen LogP contribution in [0, 0.1) is 5.41 Å². The van der Waals surface area contributed by atoms with Gasteiger partial charge in [0, 0.05) is 49.4 Å². The minimum atomic E-state index is -1.32. The van der Waals surface area contributed by atoms with Gasteiger partial charge in [0.1, 0.15) is 0 Å². The summed E-state index contributed by atoms with van der Waals surface area (Å²) in [5, 5.41) is 20.9. The van der Waals surface area contributed by atoms with Gasteiger partial charge >= 0.3 is 6.09 Å². The first-order chi connectivity index (χ1) is 15.4. The number of aliphatic hydroxyl groups is 1. The molecular formula is C25H33N3O5. The molecule has 0 aliphatic carbocycles. The molecule has 178 valence electrons. The maximum atomic E-state index is 13.3. The molecule has 1 atom stereocenters. The number of pyridine rings is 1. The molecule has 33 heavy (non-hydrogen) atoms. The molecule has 0 saturated carbocycles. The molecule has 2 N–H and O–H groups in total. The van der Waals surface area contributed by atoms with Crippen LogP contribution < -0.4 is 5.56 Å². The smallest absolute Gasteiger partial charge is 0.407 e. The Morgan fingerprint density at radius 2 is 1.82 bits per heavy atom. The van der Waals surface area contributed by atoms with Gasteiger partial charge in [-0.1, -0.05) is 44.2 Å². The topological polar surface area (TPSA) is 103 Å². The summed E-state index contributed by atoms with van der Waals surface area (Å²) < 4.78 is 1.38. The van der Waals surface area contributed by atoms with E-state index in [4.69, 9.17) is 0 Å². The second-order valence-electron chi connectivity index (χ2n) is 9.81. The van der Waals surface area contributed by atoms with E-state index in [1.165, 1.54) is 21.7 Å². The van der Waals surface area contributed by atoms with Crippen LogP contribution in [0.2, 0.25) is 0 Å². The summed E-state index contributed by atoms with van der Waals surface area (Å²) in [5.74, 6) is -0.218. The van der Waals surface area contributed by atoms with Crippen LogP contribution in [-0.2, 0) is 6.54 Å². The van der Waals surface area contributed by atoms with Crippen molar-refractivity contribution in [3.8, 4) is 11.1 Å². The van der Waals surface area contributed by atoms with Gasteiger partial charge in [0.05, 0.1) is 17.7 Å². The first-order valence-corrected chi connectivity index (χ1v) is 11.1. The highest BCUT2D eigenvalue weighted by atomic mass is 16.4. The molecule has 1 unspecified atom stereocenters. The Morgan fingerprint density at radius 3 is 2.36 bits per heavy atom. The fourth-order valence-electron chi connectivity index (χ4n) is 4.25. The summed E-state index contributed by atoms with van der Waals surface area (Å²) in [6.07, 6.45) is 0.691. The Balaban J connectivity index is 2.07. The molecule has 2 heterocycles. The van der Waals surface area contributed by atoms with Crippen molar-refractivity contribution in [1.29, 1.82) is 0 Å². The van der Waals surface area contributed by atoms with E-state index in [-0.39, 0.29) is 43.6 Å². The van der Waals surface area contributed by atoms with Crippen molar-refractivity contribution in [2.45, 2.75) is 52.3 Å². The number of piperidine rings is 1. The van der Waals surface area contributed by atoms with E-state index in [9.17, 15) is 24.6 Å². The highest BCUT2D eigenvalue weighted by Gasteiger charge is 2.49. The van der Waals surface area contributed by atoms with Crippen molar-refractivity contribution in [1.82, 2.24) is 14.4 Å². The van der Waals surface area contributed by atoms with Gasteiger partial charge in [-0.05, 0) is 25.8 Å². The Labute approximate surface area is 194 Å². The van der Waals surface area contributed by atoms with Gasteiger partial charge in [0.15, 0.2) is 0 Å². The molecule has 2 amide bonds. The van der Waals surface area contributed by atoms with Crippen LogP contribution in [0.5, 0.6) is 0 Å². The fraction of sp³-hybridized carbons (Fsp3) is 0.480. The lowest BCUT2D eigenvalue weighted by Crippen LogP contribution is -2.60. The highest BCUT2D eigenvalue weighted by molar-refractivity contribution is 6.00. The second kappa shape index (κ2) is 9.02. The molecule has 0 spiro atoms. The van der Waals surface area contributed by atoms with E-state index < -0.39 is 17.1 Å². The van der Waals surface area contributed by atoms with Crippen LogP contribution in [0.3, 0.4) is 0 Å². The average Bonchev–Trinajstić information content (AvgIpc) is 2.76. The molecule has 2 aromatic rings. The van der Waals surface area contributed by atoms with Crippen molar-refractivity contribution in [3.05, 3.63) is 58.5 Å². The SMILES string of the molecule is CC(C)N(C)C(=O)c1cn(CC2(O)CCN(C(=O)O)CC2(C)C)c(=O)cc1-c1ccccc1. The molecular weight excluding hydrogens is 422 g/mol. The van der Waals surface area contributed by atoms with Crippen molar-refractivity contribution in [2.75, 3.05) is 20.1 Å². The largest absolute Gasteiger partial charge is 0.465 e. The summed E-state index contributed by atoms with van der Waals surface area (Å²) in [4.78, 5) is 40.8. The summed E-state index contributed by atoms with van der Waals surface area (Å²) in [6.45, 7) is 7.71. The normalized spacial score (nSPS) is 20.0.